The van der Waals surface area contributed by atoms with Gasteiger partial charge in [0.05, 0.1) is 24.9 Å². The van der Waals surface area contributed by atoms with Crippen LogP contribution in [0.25, 0.3) is 0 Å². The van der Waals surface area contributed by atoms with Crippen LogP contribution in [0.2, 0.25) is 0 Å². The van der Waals surface area contributed by atoms with Crippen molar-refractivity contribution >= 4 is 17.7 Å². The second kappa shape index (κ2) is 19.0. The number of ether oxygens (including phenoxy) is 5. The Hall–Kier alpha value is -3.57. The molecule has 10 nitrogen and oxygen atoms in total. The molecule has 0 radical (unpaired) electrons. The quantitative estimate of drug-likeness (QED) is 0.263. The van der Waals surface area contributed by atoms with Crippen molar-refractivity contribution in [3.63, 3.8) is 0 Å². The number of aliphatic hydroxyl groups is 2. The van der Waals surface area contributed by atoms with Crippen molar-refractivity contribution in [3.05, 3.63) is 83.2 Å². The summed E-state index contributed by atoms with van der Waals surface area (Å²) in [4.78, 5) is 39.9. The fourth-order valence-corrected chi connectivity index (χ4v) is 7.30. The first kappa shape index (κ1) is 42.8. The predicted molar refractivity (Wildman–Crippen MR) is 199 cm³/mol. The van der Waals surface area contributed by atoms with E-state index in [2.05, 4.69) is 0 Å². The zero-order valence-corrected chi connectivity index (χ0v) is 32.7. The molecular formula is C42H60O10. The number of methoxy groups -OCH3 is 2. The van der Waals surface area contributed by atoms with Crippen molar-refractivity contribution in [2.45, 2.75) is 111 Å². The molecular weight excluding hydrogens is 664 g/mol. The van der Waals surface area contributed by atoms with E-state index in [4.69, 9.17) is 23.7 Å². The van der Waals surface area contributed by atoms with Crippen LogP contribution in [0.5, 0.6) is 0 Å². The van der Waals surface area contributed by atoms with Gasteiger partial charge in [-0.2, -0.15) is 0 Å². The van der Waals surface area contributed by atoms with Crippen LogP contribution in [0, 0.1) is 35.5 Å². The monoisotopic (exact) mass is 724 g/mol. The third-order valence-corrected chi connectivity index (χ3v) is 10.5. The Morgan fingerprint density at radius 3 is 2.25 bits per heavy atom. The van der Waals surface area contributed by atoms with Crippen molar-refractivity contribution < 1.29 is 48.3 Å². The highest BCUT2D eigenvalue weighted by molar-refractivity contribution is 5.89. The summed E-state index contributed by atoms with van der Waals surface area (Å²) < 4.78 is 29.7. The normalized spacial score (nSPS) is 35.0. The Bertz CT molecular complexity index is 1490. The van der Waals surface area contributed by atoms with E-state index < -0.39 is 60.1 Å². The third-order valence-electron chi connectivity index (χ3n) is 10.5. The van der Waals surface area contributed by atoms with Gasteiger partial charge in [-0.25, -0.2) is 9.59 Å². The number of hydrogen-bond donors (Lipinski definition) is 2. The molecule has 2 aliphatic heterocycles. The standard InChI is InChI=1S/C42H60O10/c1-24(2)38-29(7)35(50-40(45)32-17-13-12-14-18-32)23-42(47,52-38)31(9)37(44)30(8)39-33(48-10)19-15-16-25(3)20-27(5)36(43)28(6)21-26(4)22-34(49-11)41(46)51-39/h12-19,21-22,24,27-31,33,35,37-39,44,47H,20,23H2,1-11H3/b19-15-,25-16+,26-21+,34-22+. The number of hydrogen-bond acceptors (Lipinski definition) is 10. The topological polar surface area (TPSA) is 138 Å². The lowest BCUT2D eigenvalue weighted by Crippen LogP contribution is -2.59. The molecule has 2 aliphatic rings. The molecule has 0 saturated carbocycles. The summed E-state index contributed by atoms with van der Waals surface area (Å²) in [6, 6.07) is 8.66. The van der Waals surface area contributed by atoms with Gasteiger partial charge in [-0.15, -0.1) is 0 Å². The minimum absolute atomic E-state index is 0.0454. The first-order valence-corrected chi connectivity index (χ1v) is 18.3. The predicted octanol–water partition coefficient (Wildman–Crippen LogP) is 6.77. The van der Waals surface area contributed by atoms with E-state index in [1.165, 1.54) is 20.3 Å². The van der Waals surface area contributed by atoms with Crippen LogP contribution in [0.1, 0.15) is 85.5 Å². The molecule has 1 saturated heterocycles. The van der Waals surface area contributed by atoms with Gasteiger partial charge in [0.15, 0.2) is 5.79 Å². The highest BCUT2D eigenvalue weighted by Crippen LogP contribution is 2.43. The summed E-state index contributed by atoms with van der Waals surface area (Å²) in [6.07, 6.45) is 4.86. The molecule has 2 N–H and O–H groups in total. The molecule has 1 fully saturated rings. The second-order valence-corrected chi connectivity index (χ2v) is 15.1. The van der Waals surface area contributed by atoms with Crippen LogP contribution >= 0.6 is 0 Å². The number of allylic oxidation sites excluding steroid dienone is 6. The molecule has 1 aromatic rings. The van der Waals surface area contributed by atoms with Gasteiger partial charge >= 0.3 is 11.9 Å². The first-order chi connectivity index (χ1) is 24.4. The number of Topliss-reactive ketones (excluding diaryl/α,β-unsaturated/α-hetero) is 1. The number of cyclic esters (lactones) is 1. The highest BCUT2D eigenvalue weighted by Gasteiger charge is 2.53. The van der Waals surface area contributed by atoms with Crippen molar-refractivity contribution in [3.8, 4) is 0 Å². The smallest absolute Gasteiger partial charge is 0.373 e. The van der Waals surface area contributed by atoms with Gasteiger partial charge in [-0.05, 0) is 44.4 Å². The van der Waals surface area contributed by atoms with Crippen LogP contribution in [-0.2, 0) is 33.3 Å². The van der Waals surface area contributed by atoms with Crippen molar-refractivity contribution in [2.75, 3.05) is 14.2 Å². The van der Waals surface area contributed by atoms with Crippen molar-refractivity contribution in [1.29, 1.82) is 0 Å². The molecule has 11 atom stereocenters. The number of esters is 2. The van der Waals surface area contributed by atoms with Gasteiger partial charge in [-0.1, -0.05) is 102 Å². The zero-order valence-electron chi connectivity index (χ0n) is 32.7. The Kier molecular flexibility index (Phi) is 15.6. The van der Waals surface area contributed by atoms with E-state index in [0.29, 0.717) is 17.6 Å². The van der Waals surface area contributed by atoms with Gasteiger partial charge in [0.25, 0.3) is 0 Å². The summed E-state index contributed by atoms with van der Waals surface area (Å²) in [5.74, 6) is -5.83. The number of aliphatic hydroxyl groups excluding tert-OH is 1. The molecule has 2 heterocycles. The minimum Gasteiger partial charge on any atom is -0.490 e. The van der Waals surface area contributed by atoms with E-state index in [1.54, 1.807) is 63.3 Å². The maximum Gasteiger partial charge on any atom is 0.373 e. The number of carbonyl (C=O) groups excluding carboxylic acids is 3. The molecule has 0 aliphatic carbocycles. The van der Waals surface area contributed by atoms with Crippen LogP contribution in [0.15, 0.2) is 77.6 Å². The van der Waals surface area contributed by atoms with Crippen molar-refractivity contribution in [1.82, 2.24) is 0 Å². The summed E-state index contributed by atoms with van der Waals surface area (Å²) >= 11 is 0. The van der Waals surface area contributed by atoms with Gasteiger partial charge in [0.1, 0.15) is 24.1 Å². The SMILES string of the molecule is CO/C1=C/C(C)=C/C(C)C(=O)C(C)C/C(C)=C/C=C\C(OC)C(C(C)C(O)C(C)C2(O)CC(OC(=O)c3ccccc3)C(C)C(C(C)C)O2)OC1=O. The molecule has 288 valence electrons. The molecule has 11 unspecified atom stereocenters. The maximum atomic E-state index is 13.7. The Labute approximate surface area is 309 Å². The molecule has 0 spiro atoms. The lowest BCUT2D eigenvalue weighted by molar-refractivity contribution is -0.328. The lowest BCUT2D eigenvalue weighted by Gasteiger charge is -2.50. The van der Waals surface area contributed by atoms with Gasteiger partial charge in [-0.3, -0.25) is 4.79 Å². The van der Waals surface area contributed by atoms with E-state index in [0.717, 1.165) is 5.57 Å². The molecule has 3 rings (SSSR count). The number of rotatable bonds is 9. The number of benzene rings is 1. The number of ketones is 1. The fraction of sp³-hybridized carbons (Fsp3) is 0.595. The van der Waals surface area contributed by atoms with E-state index in [-0.39, 0.29) is 41.6 Å². The third kappa shape index (κ3) is 10.7. The molecule has 0 aromatic heterocycles. The second-order valence-electron chi connectivity index (χ2n) is 15.1. The summed E-state index contributed by atoms with van der Waals surface area (Å²) in [6.45, 7) is 16.7. The average Bonchev–Trinajstić information content (AvgIpc) is 3.11. The van der Waals surface area contributed by atoms with Gasteiger partial charge in [0.2, 0.25) is 5.76 Å². The Balaban J connectivity index is 2.00. The minimum atomic E-state index is -1.90. The summed E-state index contributed by atoms with van der Waals surface area (Å²) in [5.41, 5.74) is 2.03. The molecule has 0 amide bonds. The summed E-state index contributed by atoms with van der Waals surface area (Å²) in [7, 11) is 2.84. The van der Waals surface area contributed by atoms with Gasteiger partial charge < -0.3 is 33.9 Å². The fourth-order valence-electron chi connectivity index (χ4n) is 7.30. The highest BCUT2D eigenvalue weighted by atomic mass is 16.6. The first-order valence-electron chi connectivity index (χ1n) is 18.3. The summed E-state index contributed by atoms with van der Waals surface area (Å²) in [5, 5.41) is 24.2. The van der Waals surface area contributed by atoms with E-state index in [1.807, 2.05) is 53.7 Å². The molecule has 0 bridgehead atoms. The number of carbonyl (C=O) groups is 3. The Morgan fingerprint density at radius 1 is 1.00 bits per heavy atom. The molecule has 10 heteroatoms. The van der Waals surface area contributed by atoms with Crippen molar-refractivity contribution in [2.24, 2.45) is 35.5 Å². The molecule has 1 aromatic carbocycles. The van der Waals surface area contributed by atoms with E-state index >= 15 is 0 Å². The van der Waals surface area contributed by atoms with Crippen LogP contribution in [0.4, 0.5) is 0 Å². The largest absolute Gasteiger partial charge is 0.490 e. The van der Waals surface area contributed by atoms with Crippen LogP contribution in [-0.4, -0.2) is 78.5 Å². The van der Waals surface area contributed by atoms with Gasteiger partial charge in [0, 0.05) is 43.1 Å². The zero-order chi connectivity index (χ0) is 38.9. The van der Waals surface area contributed by atoms with E-state index in [9.17, 15) is 24.6 Å². The maximum absolute atomic E-state index is 13.7. The average molecular weight is 725 g/mol. The Morgan fingerprint density at radius 2 is 1.65 bits per heavy atom. The molecule has 52 heavy (non-hydrogen) atoms. The lowest BCUT2D eigenvalue weighted by atomic mass is 9.76. The van der Waals surface area contributed by atoms with Crippen LogP contribution in [0.3, 0.4) is 0 Å². The van der Waals surface area contributed by atoms with Crippen LogP contribution < -0.4 is 0 Å².